The number of likely N-dealkylation sites (tertiary alicyclic amines) is 1. The number of carbonyl (C=O) groups is 2. The van der Waals surface area contributed by atoms with E-state index in [-0.39, 0.29) is 42.1 Å². The van der Waals surface area contributed by atoms with Crippen LogP contribution in [0.15, 0.2) is 48.5 Å². The van der Waals surface area contributed by atoms with Crippen LogP contribution in [0.1, 0.15) is 40.5 Å². The molecule has 4 aliphatic rings. The molecule has 0 spiro atoms. The van der Waals surface area contributed by atoms with E-state index in [0.29, 0.717) is 13.0 Å². The molecule has 1 fully saturated rings. The van der Waals surface area contributed by atoms with Gasteiger partial charge in [0.25, 0.3) is 0 Å². The van der Waals surface area contributed by atoms with E-state index in [1.54, 1.807) is 0 Å². The van der Waals surface area contributed by atoms with Gasteiger partial charge in [-0.2, -0.15) is 0 Å². The second-order valence-corrected chi connectivity index (χ2v) is 7.17. The van der Waals surface area contributed by atoms with Gasteiger partial charge in [-0.25, -0.2) is 0 Å². The summed E-state index contributed by atoms with van der Waals surface area (Å²) in [5.74, 6) is -0.831. The van der Waals surface area contributed by atoms with Gasteiger partial charge in [-0.15, -0.1) is 0 Å². The molecule has 6 rings (SSSR count). The number of carbonyl (C=O) groups excluding carboxylic acids is 2. The second-order valence-electron chi connectivity index (χ2n) is 7.17. The highest BCUT2D eigenvalue weighted by Crippen LogP contribution is 2.60. The van der Waals surface area contributed by atoms with Crippen molar-refractivity contribution in [3.05, 3.63) is 70.8 Å². The van der Waals surface area contributed by atoms with Crippen molar-refractivity contribution in [3.63, 3.8) is 0 Å². The first kappa shape index (κ1) is 14.8. The van der Waals surface area contributed by atoms with Gasteiger partial charge in [0.15, 0.2) is 0 Å². The number of hydrogen-bond acceptors (Lipinski definition) is 3. The summed E-state index contributed by atoms with van der Waals surface area (Å²) >= 11 is 0. The number of benzene rings is 2. The lowest BCUT2D eigenvalue weighted by molar-refractivity contribution is -0.140. The van der Waals surface area contributed by atoms with Crippen molar-refractivity contribution in [2.75, 3.05) is 13.2 Å². The molecule has 1 aliphatic heterocycles. The molecule has 3 aliphatic carbocycles. The zero-order valence-electron chi connectivity index (χ0n) is 13.8. The molecule has 4 heteroatoms. The number of aliphatic hydroxyl groups is 1. The molecular formula is C21H19NO3. The maximum Gasteiger partial charge on any atom is 0.234 e. The van der Waals surface area contributed by atoms with E-state index < -0.39 is 0 Å². The van der Waals surface area contributed by atoms with Crippen molar-refractivity contribution in [3.8, 4) is 0 Å². The van der Waals surface area contributed by atoms with E-state index in [0.717, 1.165) is 0 Å². The molecule has 0 saturated carbocycles. The molecule has 2 aromatic carbocycles. The third-order valence-corrected chi connectivity index (χ3v) is 6.08. The van der Waals surface area contributed by atoms with E-state index in [1.165, 1.54) is 27.2 Å². The van der Waals surface area contributed by atoms with Crippen molar-refractivity contribution in [2.24, 2.45) is 11.8 Å². The van der Waals surface area contributed by atoms with E-state index in [2.05, 4.69) is 24.3 Å². The van der Waals surface area contributed by atoms with Crippen LogP contribution in [0.2, 0.25) is 0 Å². The first-order valence-corrected chi connectivity index (χ1v) is 8.87. The maximum absolute atomic E-state index is 13.1. The summed E-state index contributed by atoms with van der Waals surface area (Å²) in [6.07, 6.45) is 0.437. The van der Waals surface area contributed by atoms with E-state index >= 15 is 0 Å². The van der Waals surface area contributed by atoms with E-state index in [9.17, 15) is 9.59 Å². The first-order chi connectivity index (χ1) is 12.2. The molecule has 4 nitrogen and oxygen atoms in total. The van der Waals surface area contributed by atoms with Gasteiger partial charge in [0.05, 0.1) is 11.8 Å². The lowest BCUT2D eigenvalue weighted by atomic mass is 9.55. The number of imide groups is 1. The Morgan fingerprint density at radius 3 is 1.52 bits per heavy atom. The highest BCUT2D eigenvalue weighted by Gasteiger charge is 2.61. The monoisotopic (exact) mass is 333 g/mol. The predicted octanol–water partition coefficient (Wildman–Crippen LogP) is 2.26. The van der Waals surface area contributed by atoms with Gasteiger partial charge in [0.1, 0.15) is 0 Å². The lowest BCUT2D eigenvalue weighted by Crippen LogP contribution is -2.41. The van der Waals surface area contributed by atoms with Crippen LogP contribution in [0.3, 0.4) is 0 Å². The summed E-state index contributed by atoms with van der Waals surface area (Å²) in [6, 6.07) is 16.5. The Morgan fingerprint density at radius 2 is 1.16 bits per heavy atom. The number of amides is 2. The van der Waals surface area contributed by atoms with Crippen LogP contribution in [-0.2, 0) is 9.59 Å². The highest BCUT2D eigenvalue weighted by molar-refractivity contribution is 6.07. The molecule has 0 radical (unpaired) electrons. The Balaban J connectivity index is 1.70. The molecule has 2 aromatic rings. The van der Waals surface area contributed by atoms with Crippen LogP contribution in [0, 0.1) is 11.8 Å². The van der Waals surface area contributed by atoms with Gasteiger partial charge >= 0.3 is 0 Å². The van der Waals surface area contributed by atoms with Crippen molar-refractivity contribution < 1.29 is 14.7 Å². The normalized spacial score (nSPS) is 28.8. The lowest BCUT2D eigenvalue weighted by Gasteiger charge is -2.45. The predicted molar refractivity (Wildman–Crippen MR) is 92.0 cm³/mol. The van der Waals surface area contributed by atoms with Crippen molar-refractivity contribution in [2.45, 2.75) is 18.3 Å². The Morgan fingerprint density at radius 1 is 0.760 bits per heavy atom. The molecule has 1 heterocycles. The Bertz CT molecular complexity index is 775. The fourth-order valence-electron chi connectivity index (χ4n) is 5.19. The van der Waals surface area contributed by atoms with Crippen LogP contribution in [0.25, 0.3) is 0 Å². The van der Waals surface area contributed by atoms with Gasteiger partial charge in [-0.1, -0.05) is 48.5 Å². The van der Waals surface area contributed by atoms with Gasteiger partial charge < -0.3 is 5.11 Å². The average molecular weight is 333 g/mol. The van der Waals surface area contributed by atoms with Crippen LogP contribution in [-0.4, -0.2) is 35.0 Å². The molecule has 2 amide bonds. The summed E-state index contributed by atoms with van der Waals surface area (Å²) in [7, 11) is 0. The summed E-state index contributed by atoms with van der Waals surface area (Å²) in [4.78, 5) is 27.6. The second kappa shape index (κ2) is 5.27. The summed E-state index contributed by atoms with van der Waals surface area (Å²) in [6.45, 7) is 0.299. The molecule has 126 valence electrons. The summed E-state index contributed by atoms with van der Waals surface area (Å²) in [5, 5.41) is 9.11. The van der Waals surface area contributed by atoms with Crippen molar-refractivity contribution in [1.29, 1.82) is 0 Å². The Kier molecular flexibility index (Phi) is 3.13. The summed E-state index contributed by atoms with van der Waals surface area (Å²) in [5.41, 5.74) is 4.77. The van der Waals surface area contributed by atoms with Gasteiger partial charge in [0, 0.05) is 25.0 Å². The minimum Gasteiger partial charge on any atom is -0.396 e. The van der Waals surface area contributed by atoms with Gasteiger partial charge in [-0.05, 0) is 28.7 Å². The number of rotatable bonds is 3. The third-order valence-electron chi connectivity index (χ3n) is 6.08. The molecule has 1 N–H and O–H groups in total. The Labute approximate surface area is 146 Å². The van der Waals surface area contributed by atoms with Crippen LogP contribution >= 0.6 is 0 Å². The number of aliphatic hydroxyl groups excluding tert-OH is 1. The van der Waals surface area contributed by atoms with Crippen LogP contribution < -0.4 is 0 Å². The molecule has 2 unspecified atom stereocenters. The van der Waals surface area contributed by atoms with Crippen molar-refractivity contribution in [1.82, 2.24) is 4.90 Å². The van der Waals surface area contributed by atoms with Crippen molar-refractivity contribution >= 4 is 11.8 Å². The largest absolute Gasteiger partial charge is 0.396 e. The minimum atomic E-state index is -0.305. The maximum atomic E-state index is 13.1. The smallest absolute Gasteiger partial charge is 0.234 e. The summed E-state index contributed by atoms with van der Waals surface area (Å²) < 4.78 is 0. The quantitative estimate of drug-likeness (QED) is 0.877. The molecule has 2 atom stereocenters. The number of nitrogens with zero attached hydrogens (tertiary/aromatic N) is 1. The van der Waals surface area contributed by atoms with Gasteiger partial charge in [0.2, 0.25) is 11.8 Å². The zero-order valence-corrected chi connectivity index (χ0v) is 13.8. The zero-order chi connectivity index (χ0) is 17.1. The van der Waals surface area contributed by atoms with Gasteiger partial charge in [-0.3, -0.25) is 14.5 Å². The fraction of sp³-hybridized carbons (Fsp3) is 0.333. The first-order valence-electron chi connectivity index (χ1n) is 8.87. The fourth-order valence-corrected chi connectivity index (χ4v) is 5.19. The highest BCUT2D eigenvalue weighted by atomic mass is 16.3. The molecular weight excluding hydrogens is 314 g/mol. The molecule has 0 aromatic heterocycles. The van der Waals surface area contributed by atoms with E-state index in [1.807, 2.05) is 24.3 Å². The molecule has 2 bridgehead atoms. The minimum absolute atomic E-state index is 0.0142. The average Bonchev–Trinajstić information content (AvgIpc) is 2.91. The van der Waals surface area contributed by atoms with E-state index in [4.69, 9.17) is 5.11 Å². The topological polar surface area (TPSA) is 57.6 Å². The van der Waals surface area contributed by atoms with Crippen LogP contribution in [0.5, 0.6) is 0 Å². The van der Waals surface area contributed by atoms with Crippen LogP contribution in [0.4, 0.5) is 0 Å². The molecule has 25 heavy (non-hydrogen) atoms. The molecule has 1 saturated heterocycles. The third kappa shape index (κ3) is 1.80. The SMILES string of the molecule is O=C1C2C3c4ccccc4C(c4ccccc43)C2C(=O)N1CCCO. The number of hydrogen-bond donors (Lipinski definition) is 1. The Hall–Kier alpha value is -2.46. The standard InChI is InChI=1S/C21H19NO3/c23-11-5-10-22-20(24)18-16-12-6-1-2-7-13(12)17(19(18)21(22)25)15-9-4-3-8-14(15)16/h1-4,6-9,16-19,23H,5,10-11H2.